The van der Waals surface area contributed by atoms with Crippen LogP contribution in [0.2, 0.25) is 0 Å². The van der Waals surface area contributed by atoms with E-state index in [-0.39, 0.29) is 4.90 Å². The van der Waals surface area contributed by atoms with Crippen molar-refractivity contribution in [3.05, 3.63) is 42.5 Å². The van der Waals surface area contributed by atoms with Gasteiger partial charge in [0, 0.05) is 5.39 Å². The summed E-state index contributed by atoms with van der Waals surface area (Å²) in [5.41, 5.74) is 0. The first kappa shape index (κ1) is 28.6. The summed E-state index contributed by atoms with van der Waals surface area (Å²) in [6.45, 7) is 4.00. The van der Waals surface area contributed by atoms with Crippen molar-refractivity contribution in [3.8, 4) is 0 Å². The molecule has 3 N–H and O–H groups in total. The third-order valence-corrected chi connectivity index (χ3v) is 9.72. The van der Waals surface area contributed by atoms with Crippen LogP contribution < -0.4 is 10.0 Å². The molecule has 2 unspecified atom stereocenters. The van der Waals surface area contributed by atoms with Gasteiger partial charge < -0.3 is 10.4 Å². The van der Waals surface area contributed by atoms with Crippen LogP contribution in [0, 0.1) is 11.8 Å². The Hall–Kier alpha value is -2.01. The summed E-state index contributed by atoms with van der Waals surface area (Å²) in [7, 11) is -7.94. The molecule has 5 atom stereocenters. The van der Waals surface area contributed by atoms with Crippen molar-refractivity contribution in [2.45, 2.75) is 75.5 Å². The van der Waals surface area contributed by atoms with Crippen molar-refractivity contribution in [1.29, 1.82) is 0 Å². The van der Waals surface area contributed by atoms with Crippen LogP contribution in [0.5, 0.6) is 0 Å². The Morgan fingerprint density at radius 3 is 2.39 bits per heavy atom. The Morgan fingerprint density at radius 1 is 1.06 bits per heavy atom. The standard InChI is InChI=1S/C26H38N2O6S2/c1-4-22(24(29)16-20-12-6-5-10-18(20)2)27-26(30)23(28-35(3,31)32)17-36(33,34)25-15-9-13-19-11-7-8-14-21(19)25/h7-9,11,13-15,18,20,22-24,28-29H,4-6,10,12,16-17H2,1-3H3,(H,27,30)/t18?,20?,22-,23+,24+/m0/s1. The molecule has 200 valence electrons. The van der Waals surface area contributed by atoms with Crippen molar-refractivity contribution >= 4 is 36.5 Å². The van der Waals surface area contributed by atoms with Crippen molar-refractivity contribution < 1.29 is 26.7 Å². The number of aliphatic hydroxyl groups is 1. The number of benzene rings is 2. The number of aliphatic hydroxyl groups excluding tert-OH is 1. The zero-order valence-corrected chi connectivity index (χ0v) is 22.8. The molecule has 2 aromatic rings. The smallest absolute Gasteiger partial charge is 0.239 e. The highest BCUT2D eigenvalue weighted by molar-refractivity contribution is 7.92. The lowest BCUT2D eigenvalue weighted by Gasteiger charge is -2.33. The van der Waals surface area contributed by atoms with E-state index in [9.17, 15) is 26.7 Å². The molecule has 2 aromatic carbocycles. The molecule has 0 saturated heterocycles. The molecule has 36 heavy (non-hydrogen) atoms. The van der Waals surface area contributed by atoms with Gasteiger partial charge in [0.15, 0.2) is 9.84 Å². The van der Waals surface area contributed by atoms with E-state index in [1.54, 1.807) is 36.4 Å². The summed E-state index contributed by atoms with van der Waals surface area (Å²) in [5.74, 6) is -0.665. The van der Waals surface area contributed by atoms with E-state index < -0.39 is 49.7 Å². The number of nitrogens with one attached hydrogen (secondary N) is 2. The summed E-state index contributed by atoms with van der Waals surface area (Å²) in [6.07, 6.45) is 5.50. The summed E-state index contributed by atoms with van der Waals surface area (Å²) in [5, 5.41) is 14.8. The maximum atomic E-state index is 13.4. The van der Waals surface area contributed by atoms with Gasteiger partial charge in [-0.25, -0.2) is 21.6 Å². The fourth-order valence-electron chi connectivity index (χ4n) is 5.17. The Labute approximate surface area is 214 Å². The Morgan fingerprint density at radius 2 is 1.72 bits per heavy atom. The van der Waals surface area contributed by atoms with Crippen LogP contribution in [-0.2, 0) is 24.7 Å². The second-order valence-electron chi connectivity index (χ2n) is 10.0. The summed E-state index contributed by atoms with van der Waals surface area (Å²) in [6, 6.07) is 9.68. The van der Waals surface area contributed by atoms with Gasteiger partial charge >= 0.3 is 0 Å². The minimum absolute atomic E-state index is 0.0343. The lowest BCUT2D eigenvalue weighted by Crippen LogP contribution is -2.54. The van der Waals surface area contributed by atoms with Crippen LogP contribution in [-0.4, -0.2) is 58.0 Å². The van der Waals surface area contributed by atoms with Gasteiger partial charge in [0.05, 0.1) is 29.0 Å². The average molecular weight is 539 g/mol. The molecular weight excluding hydrogens is 500 g/mol. The van der Waals surface area contributed by atoms with Gasteiger partial charge in [0.1, 0.15) is 6.04 Å². The van der Waals surface area contributed by atoms with E-state index in [4.69, 9.17) is 0 Å². The van der Waals surface area contributed by atoms with Crippen LogP contribution in [0.15, 0.2) is 47.4 Å². The third kappa shape index (κ3) is 7.50. The van der Waals surface area contributed by atoms with Gasteiger partial charge in [-0.15, -0.1) is 0 Å². The third-order valence-electron chi connectivity index (χ3n) is 7.21. The quantitative estimate of drug-likeness (QED) is 0.403. The highest BCUT2D eigenvalue weighted by Crippen LogP contribution is 2.33. The molecule has 0 heterocycles. The first-order valence-corrected chi connectivity index (χ1v) is 16.1. The predicted molar refractivity (Wildman–Crippen MR) is 142 cm³/mol. The monoisotopic (exact) mass is 538 g/mol. The molecule has 0 bridgehead atoms. The average Bonchev–Trinajstić information content (AvgIpc) is 2.81. The number of sulfone groups is 1. The van der Waals surface area contributed by atoms with Gasteiger partial charge in [-0.05, 0) is 36.1 Å². The van der Waals surface area contributed by atoms with Crippen LogP contribution >= 0.6 is 0 Å². The van der Waals surface area contributed by atoms with E-state index >= 15 is 0 Å². The molecule has 3 rings (SSSR count). The van der Waals surface area contributed by atoms with E-state index in [1.807, 2.05) is 6.92 Å². The highest BCUT2D eigenvalue weighted by Gasteiger charge is 2.33. The zero-order chi connectivity index (χ0) is 26.5. The number of carbonyl (C=O) groups excluding carboxylic acids is 1. The van der Waals surface area contributed by atoms with E-state index in [2.05, 4.69) is 17.0 Å². The van der Waals surface area contributed by atoms with Crippen LogP contribution in [0.1, 0.15) is 52.4 Å². The number of rotatable bonds is 11. The molecule has 1 aliphatic carbocycles. The first-order chi connectivity index (χ1) is 16.9. The SMILES string of the molecule is CC[C@H](NC(=O)[C@@H](CS(=O)(=O)c1cccc2ccccc12)NS(C)(=O)=O)[C@H](O)CC1CCCCC1C. The molecule has 8 nitrogen and oxygen atoms in total. The summed E-state index contributed by atoms with van der Waals surface area (Å²) >= 11 is 0. The molecular formula is C26H38N2O6S2. The molecule has 0 aliphatic heterocycles. The fourth-order valence-corrected chi connectivity index (χ4v) is 7.64. The number of hydrogen-bond acceptors (Lipinski definition) is 6. The summed E-state index contributed by atoms with van der Waals surface area (Å²) in [4.78, 5) is 13.2. The number of sulfonamides is 1. The van der Waals surface area contributed by atoms with Gasteiger partial charge in [-0.2, -0.15) is 0 Å². The largest absolute Gasteiger partial charge is 0.391 e. The molecule has 0 aromatic heterocycles. The lowest BCUT2D eigenvalue weighted by atomic mass is 9.76. The lowest BCUT2D eigenvalue weighted by molar-refractivity contribution is -0.124. The molecule has 1 aliphatic rings. The number of fused-ring (bicyclic) bond motifs is 1. The summed E-state index contributed by atoms with van der Waals surface area (Å²) < 4.78 is 53.0. The highest BCUT2D eigenvalue weighted by atomic mass is 32.2. The van der Waals surface area contributed by atoms with Crippen LogP contribution in [0.3, 0.4) is 0 Å². The van der Waals surface area contributed by atoms with E-state index in [0.29, 0.717) is 30.1 Å². The van der Waals surface area contributed by atoms with Crippen molar-refractivity contribution in [3.63, 3.8) is 0 Å². The normalized spacial score (nSPS) is 21.6. The van der Waals surface area contributed by atoms with Gasteiger partial charge in [-0.1, -0.05) is 75.9 Å². The van der Waals surface area contributed by atoms with E-state index in [1.165, 1.54) is 12.5 Å². The predicted octanol–water partition coefficient (Wildman–Crippen LogP) is 3.00. The molecule has 1 fully saturated rings. The molecule has 1 amide bonds. The maximum Gasteiger partial charge on any atom is 0.239 e. The van der Waals surface area contributed by atoms with Gasteiger partial charge in [-0.3, -0.25) is 4.79 Å². The van der Waals surface area contributed by atoms with Gasteiger partial charge in [0.2, 0.25) is 15.9 Å². The minimum atomic E-state index is -4.05. The second-order valence-corrected chi connectivity index (χ2v) is 13.8. The minimum Gasteiger partial charge on any atom is -0.391 e. The number of hydrogen-bond donors (Lipinski definition) is 3. The molecule has 10 heteroatoms. The fraction of sp³-hybridized carbons (Fsp3) is 0.577. The Balaban J connectivity index is 1.80. The topological polar surface area (TPSA) is 130 Å². The number of amides is 1. The number of carbonyl (C=O) groups is 1. The Bertz CT molecular complexity index is 1260. The maximum absolute atomic E-state index is 13.4. The molecule has 0 spiro atoms. The first-order valence-electron chi connectivity index (χ1n) is 12.6. The Kier molecular flexibility index (Phi) is 9.54. The zero-order valence-electron chi connectivity index (χ0n) is 21.2. The van der Waals surface area contributed by atoms with Crippen molar-refractivity contribution in [2.24, 2.45) is 11.8 Å². The molecule has 0 radical (unpaired) electrons. The van der Waals surface area contributed by atoms with Crippen molar-refractivity contribution in [1.82, 2.24) is 10.0 Å². The van der Waals surface area contributed by atoms with E-state index in [0.717, 1.165) is 30.9 Å². The van der Waals surface area contributed by atoms with Crippen LogP contribution in [0.25, 0.3) is 10.8 Å². The van der Waals surface area contributed by atoms with Crippen LogP contribution in [0.4, 0.5) is 0 Å². The van der Waals surface area contributed by atoms with Crippen molar-refractivity contribution in [2.75, 3.05) is 12.0 Å². The second kappa shape index (κ2) is 12.0. The molecule has 1 saturated carbocycles. The van der Waals surface area contributed by atoms with Gasteiger partial charge in [0.25, 0.3) is 0 Å².